The molecule has 0 saturated heterocycles. The van der Waals surface area contributed by atoms with E-state index in [9.17, 15) is 39.5 Å². The third-order valence-corrected chi connectivity index (χ3v) is 16.2. The Morgan fingerprint density at radius 3 is 0.892 bits per heavy atom. The van der Waals surface area contributed by atoms with Gasteiger partial charge in [0.1, 0.15) is 17.5 Å². The number of hydrogen-bond donors (Lipinski definition) is 0. The summed E-state index contributed by atoms with van der Waals surface area (Å²) in [5.74, 6) is -0.465. The Labute approximate surface area is 640 Å². The minimum Gasteiger partial charge on any atom is -0.207 e. The van der Waals surface area contributed by atoms with Gasteiger partial charge in [-0.25, -0.2) is 13.2 Å². The van der Waals surface area contributed by atoms with E-state index in [0.717, 1.165) is 70.5 Å². The van der Waals surface area contributed by atoms with E-state index in [1.54, 1.807) is 57.2 Å². The van der Waals surface area contributed by atoms with Crippen LogP contribution >= 0.6 is 82.6 Å². The van der Waals surface area contributed by atoms with Crippen molar-refractivity contribution in [3.8, 4) is 0 Å². The van der Waals surface area contributed by atoms with Crippen LogP contribution in [0, 0.1) is 107 Å². The smallest absolute Gasteiger partial charge is 0.207 e. The molecule has 15 heteroatoms. The van der Waals surface area contributed by atoms with Crippen molar-refractivity contribution in [2.75, 3.05) is 0 Å². The lowest BCUT2D eigenvalue weighted by Crippen LogP contribution is -2.04. The Balaban J connectivity index is 0.000000557. The zero-order chi connectivity index (χ0) is 76.8. The van der Waals surface area contributed by atoms with E-state index < -0.39 is 23.5 Å². The molecule has 0 heterocycles. The molecule has 12 aromatic carbocycles. The predicted molar refractivity (Wildman–Crippen MR) is 427 cm³/mol. The maximum atomic E-state index is 12.3. The first kappa shape index (κ1) is 92.3. The van der Waals surface area contributed by atoms with Gasteiger partial charge in [0.15, 0.2) is 0 Å². The van der Waals surface area contributed by atoms with Gasteiger partial charge in [-0.15, -0.1) is 0 Å². The molecule has 0 aliphatic carbocycles. The average Bonchev–Trinajstić information content (AvgIpc) is 0.871. The summed E-state index contributed by atoms with van der Waals surface area (Å²) in [6, 6.07) is 86.1. The van der Waals surface area contributed by atoms with E-state index in [2.05, 4.69) is 137 Å². The highest BCUT2D eigenvalue weighted by atomic mass is 79.9. The summed E-state index contributed by atoms with van der Waals surface area (Å²) in [5.41, 5.74) is 13.2. The van der Waals surface area contributed by atoms with Crippen molar-refractivity contribution >= 4 is 82.6 Å². The van der Waals surface area contributed by atoms with Crippen LogP contribution in [0.3, 0.4) is 0 Å². The molecule has 0 fully saturated rings. The summed E-state index contributed by atoms with van der Waals surface area (Å²) in [6.07, 6.45) is -8.43. The van der Waals surface area contributed by atoms with E-state index in [-0.39, 0.29) is 17.5 Å². The van der Waals surface area contributed by atoms with Crippen LogP contribution in [0.15, 0.2) is 305 Å². The SMILES string of the molecule is Cc1ccc(Br)cc1.Cc1ccc(C(F)(F)F)cc1.Cc1ccc(Cl)cc1.Cc1ccc(F)cc1.Cc1cccc(Br)c1.Cc1cccc(C(F)(F)F)c1.Cc1cccc(Cl)c1.Cc1cccc(F)c1.Cc1ccccc1Br.Cc1ccccc1C.Cc1ccccc1Cl.Cc1ccccc1F. The Bertz CT molecular complexity index is 3640. The molecule has 0 amide bonds. The van der Waals surface area contributed by atoms with Crippen LogP contribution in [0.25, 0.3) is 0 Å². The quantitative estimate of drug-likeness (QED) is 0.133. The van der Waals surface area contributed by atoms with Crippen molar-refractivity contribution in [1.29, 1.82) is 0 Å². The van der Waals surface area contributed by atoms with Crippen molar-refractivity contribution < 1.29 is 39.5 Å². The standard InChI is InChI=1S/2C8H7F3.C8H10.3C7H7Br.3C7H7Cl.3C7H7F/c1-6-2-4-7(5-3-6)8(9,10)11;1-6-3-2-4-7(5-6)8(9,10)11;1-7-5-3-4-6-8(7)2;1-6-2-4-7(8)5-3-6;1-6-3-2-4-7(8)5-6;1-6-4-2-3-5-7(6)8;1-6-2-4-7(8)5-3-6;1-6-3-2-4-7(8)5-6;1-6-4-2-3-5-7(6)8;1-6-2-4-7(8)5-3-6;1-6-3-2-4-7(8)5-6;1-6-4-2-3-5-7(6)8/h2*2-5H,1H3;3-6H,1-2H3;9*2-5H,1H3. The minimum atomic E-state index is -4.22. The fourth-order valence-electron chi connectivity index (χ4n) is 7.30. The van der Waals surface area contributed by atoms with Crippen LogP contribution in [0.5, 0.6) is 0 Å². The van der Waals surface area contributed by atoms with E-state index >= 15 is 0 Å². The summed E-state index contributed by atoms with van der Waals surface area (Å²) in [7, 11) is 0. The van der Waals surface area contributed by atoms with Crippen LogP contribution in [-0.4, -0.2) is 0 Å². The molecule has 12 rings (SSSR count). The summed E-state index contributed by atoms with van der Waals surface area (Å²) in [6.45, 7) is 25.4. The average molecular weight is 1650 g/mol. The molecule has 0 aliphatic heterocycles. The van der Waals surface area contributed by atoms with Gasteiger partial charge in [0.05, 0.1) is 11.1 Å². The Morgan fingerprint density at radius 1 is 0.245 bits per heavy atom. The molecule has 540 valence electrons. The van der Waals surface area contributed by atoms with Crippen molar-refractivity contribution in [3.05, 3.63) is 421 Å². The lowest BCUT2D eigenvalue weighted by Gasteiger charge is -2.05. The van der Waals surface area contributed by atoms with Gasteiger partial charge < -0.3 is 0 Å². The number of rotatable bonds is 0. The molecule has 0 atom stereocenters. The second-order valence-electron chi connectivity index (χ2n) is 22.8. The van der Waals surface area contributed by atoms with Gasteiger partial charge in [0.2, 0.25) is 0 Å². The first-order chi connectivity index (χ1) is 47.9. The normalized spacial score (nSPS) is 9.76. The second-order valence-corrected chi connectivity index (χ2v) is 26.8. The topological polar surface area (TPSA) is 0 Å². The first-order valence-corrected chi connectivity index (χ1v) is 35.2. The number of alkyl halides is 6. The second kappa shape index (κ2) is 51.5. The Hall–Kier alpha value is -7.68. The lowest BCUT2D eigenvalue weighted by molar-refractivity contribution is -0.138. The van der Waals surface area contributed by atoms with Gasteiger partial charge in [0, 0.05) is 28.5 Å². The maximum absolute atomic E-state index is 12.3. The number of halogens is 15. The molecule has 102 heavy (non-hydrogen) atoms. The molecular weight excluding hydrogens is 1560 g/mol. The fourth-order valence-corrected chi connectivity index (χ4v) is 8.87. The lowest BCUT2D eigenvalue weighted by atomic mass is 10.1. The van der Waals surface area contributed by atoms with Gasteiger partial charge in [0.25, 0.3) is 0 Å². The summed E-state index contributed by atoms with van der Waals surface area (Å²) < 4.78 is 112. The Morgan fingerprint density at radius 2 is 0.618 bits per heavy atom. The van der Waals surface area contributed by atoms with E-state index in [1.807, 2.05) is 162 Å². The van der Waals surface area contributed by atoms with Crippen LogP contribution in [0.4, 0.5) is 39.5 Å². The zero-order valence-corrected chi connectivity index (χ0v) is 66.4. The van der Waals surface area contributed by atoms with Crippen LogP contribution in [0.2, 0.25) is 15.1 Å². The highest BCUT2D eigenvalue weighted by molar-refractivity contribution is 9.11. The molecule has 0 aliphatic rings. The van der Waals surface area contributed by atoms with Crippen molar-refractivity contribution in [2.24, 2.45) is 0 Å². The van der Waals surface area contributed by atoms with Crippen molar-refractivity contribution in [1.82, 2.24) is 0 Å². The molecule has 0 radical (unpaired) electrons. The van der Waals surface area contributed by atoms with Gasteiger partial charge >= 0.3 is 12.4 Å². The van der Waals surface area contributed by atoms with Crippen LogP contribution in [-0.2, 0) is 12.4 Å². The van der Waals surface area contributed by atoms with Gasteiger partial charge in [-0.1, -0.05) is 298 Å². The van der Waals surface area contributed by atoms with Crippen LogP contribution in [0.1, 0.15) is 83.5 Å². The number of hydrogen-bond acceptors (Lipinski definition) is 0. The third-order valence-electron chi connectivity index (χ3n) is 13.4. The zero-order valence-electron chi connectivity index (χ0n) is 59.4. The highest BCUT2D eigenvalue weighted by Crippen LogP contribution is 2.30. The number of benzene rings is 12. The molecule has 0 unspecified atom stereocenters. The minimum absolute atomic E-state index is 0.132. The monoisotopic (exact) mass is 1640 g/mol. The molecule has 0 N–H and O–H groups in total. The van der Waals surface area contributed by atoms with E-state index in [4.69, 9.17) is 34.8 Å². The van der Waals surface area contributed by atoms with E-state index in [1.165, 1.54) is 91.9 Å². The summed E-state index contributed by atoms with van der Waals surface area (Å²) >= 11 is 27.1. The van der Waals surface area contributed by atoms with Crippen molar-refractivity contribution in [3.63, 3.8) is 0 Å². The molecule has 12 aromatic rings. The maximum Gasteiger partial charge on any atom is 0.416 e. The Kier molecular flexibility index (Phi) is 46.6. The predicted octanol–water partition coefficient (Wildman–Crippen LogP) is 31.0. The fraction of sp³-hybridized carbons (Fsp3) is 0.172. The van der Waals surface area contributed by atoms with Crippen LogP contribution < -0.4 is 0 Å². The van der Waals surface area contributed by atoms with Gasteiger partial charge in [-0.05, 0) is 238 Å². The number of aryl methyl sites for hydroxylation is 13. The molecule has 0 bridgehead atoms. The molecule has 0 spiro atoms. The molecule has 0 nitrogen and oxygen atoms in total. The molecule has 0 aromatic heterocycles. The highest BCUT2D eigenvalue weighted by Gasteiger charge is 2.30. The third kappa shape index (κ3) is 46.8. The van der Waals surface area contributed by atoms with Gasteiger partial charge in [-0.3, -0.25) is 0 Å². The van der Waals surface area contributed by atoms with E-state index in [0.29, 0.717) is 11.1 Å². The summed E-state index contributed by atoms with van der Waals surface area (Å²) in [4.78, 5) is 0. The first-order valence-electron chi connectivity index (χ1n) is 31.7. The van der Waals surface area contributed by atoms with Gasteiger partial charge in [-0.2, -0.15) is 26.3 Å². The molecular formula is C87H87Br3Cl3F9. The van der Waals surface area contributed by atoms with Crippen molar-refractivity contribution in [2.45, 2.75) is 102 Å². The summed E-state index contributed by atoms with van der Waals surface area (Å²) in [5, 5.41) is 2.45. The molecule has 0 saturated carbocycles. The largest absolute Gasteiger partial charge is 0.416 e.